The van der Waals surface area contributed by atoms with Crippen LogP contribution in [0.25, 0.3) is 0 Å². The molecule has 19 heavy (non-hydrogen) atoms. The lowest BCUT2D eigenvalue weighted by Gasteiger charge is -2.34. The lowest BCUT2D eigenvalue weighted by Crippen LogP contribution is -2.41. The zero-order valence-corrected chi connectivity index (χ0v) is 11.3. The molecule has 2 unspecified atom stereocenters. The molecule has 0 bridgehead atoms. The van der Waals surface area contributed by atoms with Crippen LogP contribution in [0, 0.1) is 17.8 Å². The van der Waals surface area contributed by atoms with Gasteiger partial charge in [-0.15, -0.1) is 0 Å². The average molecular weight is 259 g/mol. The number of aliphatic hydroxyl groups is 2. The van der Waals surface area contributed by atoms with Crippen molar-refractivity contribution in [2.24, 2.45) is 5.92 Å². The van der Waals surface area contributed by atoms with Crippen molar-refractivity contribution in [2.75, 3.05) is 19.7 Å². The molecule has 0 spiro atoms. The monoisotopic (exact) mass is 259 g/mol. The van der Waals surface area contributed by atoms with E-state index < -0.39 is 0 Å². The van der Waals surface area contributed by atoms with Gasteiger partial charge in [0.1, 0.15) is 6.61 Å². The second-order valence-corrected chi connectivity index (χ2v) is 5.23. The van der Waals surface area contributed by atoms with E-state index in [1.165, 1.54) is 5.56 Å². The molecule has 1 saturated heterocycles. The second kappa shape index (κ2) is 6.72. The summed E-state index contributed by atoms with van der Waals surface area (Å²) in [6.07, 6.45) is 0.716. The number of aliphatic hydroxyl groups excluding tert-OH is 2. The van der Waals surface area contributed by atoms with Crippen molar-refractivity contribution in [1.29, 1.82) is 0 Å². The van der Waals surface area contributed by atoms with Crippen molar-refractivity contribution < 1.29 is 10.2 Å². The summed E-state index contributed by atoms with van der Waals surface area (Å²) in [5.41, 5.74) is 2.19. The summed E-state index contributed by atoms with van der Waals surface area (Å²) in [7, 11) is 0. The highest BCUT2D eigenvalue weighted by molar-refractivity contribution is 5.36. The fraction of sp³-hybridized carbons (Fsp3) is 0.500. The Balaban J connectivity index is 1.92. The lowest BCUT2D eigenvalue weighted by molar-refractivity contribution is 0.0320. The first kappa shape index (κ1) is 14.1. The molecule has 3 nitrogen and oxygen atoms in total. The summed E-state index contributed by atoms with van der Waals surface area (Å²) in [6.45, 7) is 4.83. The van der Waals surface area contributed by atoms with Gasteiger partial charge in [-0.1, -0.05) is 30.9 Å². The van der Waals surface area contributed by atoms with Crippen molar-refractivity contribution in [2.45, 2.75) is 26.0 Å². The third kappa shape index (κ3) is 4.07. The van der Waals surface area contributed by atoms with Crippen LogP contribution in [0.3, 0.4) is 0 Å². The number of piperidine rings is 1. The molecule has 3 heteroatoms. The number of benzene rings is 1. The summed E-state index contributed by atoms with van der Waals surface area (Å²) in [5, 5.41) is 18.4. The van der Waals surface area contributed by atoms with E-state index in [1.54, 1.807) is 0 Å². The van der Waals surface area contributed by atoms with E-state index in [1.807, 2.05) is 12.1 Å². The summed E-state index contributed by atoms with van der Waals surface area (Å²) in [5.74, 6) is 5.89. The van der Waals surface area contributed by atoms with Crippen LogP contribution >= 0.6 is 0 Å². The molecule has 1 heterocycles. The van der Waals surface area contributed by atoms with Crippen LogP contribution in [0.2, 0.25) is 0 Å². The van der Waals surface area contributed by atoms with E-state index in [0.717, 1.165) is 31.6 Å². The van der Waals surface area contributed by atoms with Gasteiger partial charge in [0.25, 0.3) is 0 Å². The van der Waals surface area contributed by atoms with Crippen molar-refractivity contribution >= 4 is 0 Å². The van der Waals surface area contributed by atoms with Gasteiger partial charge in [-0.05, 0) is 30.0 Å². The first-order valence-electron chi connectivity index (χ1n) is 6.78. The smallest absolute Gasteiger partial charge is 0.104 e. The zero-order chi connectivity index (χ0) is 13.7. The van der Waals surface area contributed by atoms with Crippen molar-refractivity contribution in [3.63, 3.8) is 0 Å². The lowest BCUT2D eigenvalue weighted by atomic mass is 9.96. The van der Waals surface area contributed by atoms with E-state index >= 15 is 0 Å². The van der Waals surface area contributed by atoms with Gasteiger partial charge in [-0.25, -0.2) is 0 Å². The van der Waals surface area contributed by atoms with Crippen LogP contribution < -0.4 is 0 Å². The highest BCUT2D eigenvalue weighted by atomic mass is 16.3. The number of likely N-dealkylation sites (tertiary alicyclic amines) is 1. The molecule has 0 aliphatic carbocycles. The molecule has 1 aliphatic rings. The highest BCUT2D eigenvalue weighted by Gasteiger charge is 2.23. The van der Waals surface area contributed by atoms with Crippen molar-refractivity contribution in [3.05, 3.63) is 35.4 Å². The maximum Gasteiger partial charge on any atom is 0.104 e. The Morgan fingerprint density at radius 3 is 2.68 bits per heavy atom. The van der Waals surface area contributed by atoms with Crippen molar-refractivity contribution in [3.8, 4) is 11.8 Å². The van der Waals surface area contributed by atoms with E-state index in [-0.39, 0.29) is 12.7 Å². The highest BCUT2D eigenvalue weighted by Crippen LogP contribution is 2.18. The molecule has 0 aromatic heterocycles. The van der Waals surface area contributed by atoms with Gasteiger partial charge in [0.05, 0.1) is 6.10 Å². The molecule has 0 radical (unpaired) electrons. The Morgan fingerprint density at radius 1 is 1.32 bits per heavy atom. The number of rotatable bonds is 2. The van der Waals surface area contributed by atoms with Gasteiger partial charge >= 0.3 is 0 Å². The van der Waals surface area contributed by atoms with Gasteiger partial charge < -0.3 is 10.2 Å². The Kier molecular flexibility index (Phi) is 4.98. The molecule has 1 aromatic carbocycles. The van der Waals surface area contributed by atoms with Gasteiger partial charge in [-0.2, -0.15) is 0 Å². The zero-order valence-electron chi connectivity index (χ0n) is 11.3. The van der Waals surface area contributed by atoms with Crippen molar-refractivity contribution in [1.82, 2.24) is 4.90 Å². The third-order valence-corrected chi connectivity index (χ3v) is 3.62. The molecule has 0 saturated carbocycles. The molecule has 102 valence electrons. The maximum absolute atomic E-state index is 9.72. The summed E-state index contributed by atoms with van der Waals surface area (Å²) in [6, 6.07) is 8.13. The minimum absolute atomic E-state index is 0.101. The predicted molar refractivity (Wildman–Crippen MR) is 75.5 cm³/mol. The number of nitrogens with zero attached hydrogens (tertiary/aromatic N) is 1. The maximum atomic E-state index is 9.72. The molecule has 2 atom stereocenters. The minimum atomic E-state index is -0.146. The quantitative estimate of drug-likeness (QED) is 0.785. The van der Waals surface area contributed by atoms with E-state index in [4.69, 9.17) is 5.11 Å². The number of hydrogen-bond donors (Lipinski definition) is 2. The van der Waals surface area contributed by atoms with Crippen LogP contribution in [0.4, 0.5) is 0 Å². The van der Waals surface area contributed by atoms with Gasteiger partial charge in [-0.3, -0.25) is 4.90 Å². The average Bonchev–Trinajstić information content (AvgIpc) is 2.42. The minimum Gasteiger partial charge on any atom is -0.393 e. The Morgan fingerprint density at radius 2 is 2.05 bits per heavy atom. The molecule has 2 rings (SSSR count). The van der Waals surface area contributed by atoms with E-state index in [0.29, 0.717) is 5.92 Å². The molecule has 1 fully saturated rings. The normalized spacial score (nSPS) is 23.7. The van der Waals surface area contributed by atoms with Gasteiger partial charge in [0, 0.05) is 25.2 Å². The van der Waals surface area contributed by atoms with Crippen LogP contribution in [0.15, 0.2) is 24.3 Å². The predicted octanol–water partition coefficient (Wildman–Crippen LogP) is 1.23. The van der Waals surface area contributed by atoms with Gasteiger partial charge in [0.2, 0.25) is 0 Å². The molecular weight excluding hydrogens is 238 g/mol. The molecule has 1 aromatic rings. The molecule has 1 aliphatic heterocycles. The summed E-state index contributed by atoms with van der Waals surface area (Å²) in [4.78, 5) is 2.38. The third-order valence-electron chi connectivity index (χ3n) is 3.62. The SMILES string of the molecule is CC1CN(Cc2ccc(C#CCO)cc2)CCC1O. The van der Waals surface area contributed by atoms with E-state index in [9.17, 15) is 5.11 Å². The van der Waals surface area contributed by atoms with Crippen LogP contribution in [0.1, 0.15) is 24.5 Å². The number of hydrogen-bond acceptors (Lipinski definition) is 3. The molecule has 2 N–H and O–H groups in total. The second-order valence-electron chi connectivity index (χ2n) is 5.23. The Labute approximate surface area is 114 Å². The molecular formula is C16H21NO2. The Bertz CT molecular complexity index is 458. The fourth-order valence-corrected chi connectivity index (χ4v) is 2.46. The van der Waals surface area contributed by atoms with Gasteiger partial charge in [0.15, 0.2) is 0 Å². The fourth-order valence-electron chi connectivity index (χ4n) is 2.46. The molecule has 0 amide bonds. The van der Waals surface area contributed by atoms with Crippen LogP contribution in [0.5, 0.6) is 0 Å². The first-order chi connectivity index (χ1) is 9.19. The van der Waals surface area contributed by atoms with E-state index in [2.05, 4.69) is 35.8 Å². The summed E-state index contributed by atoms with van der Waals surface area (Å²) < 4.78 is 0. The topological polar surface area (TPSA) is 43.7 Å². The van der Waals surface area contributed by atoms with Crippen LogP contribution in [-0.2, 0) is 6.54 Å². The summed E-state index contributed by atoms with van der Waals surface area (Å²) >= 11 is 0. The largest absolute Gasteiger partial charge is 0.393 e. The standard InChI is InChI=1S/C16H21NO2/c1-13-11-17(9-8-16(13)19)12-15-6-4-14(5-7-15)3-2-10-18/h4-7,13,16,18-19H,8-12H2,1H3. The Hall–Kier alpha value is -1.34. The first-order valence-corrected chi connectivity index (χ1v) is 6.78. The van der Waals surface area contributed by atoms with Crippen LogP contribution in [-0.4, -0.2) is 40.9 Å².